The number of nitrogens with zero attached hydrogens (tertiary/aromatic N) is 2. The summed E-state index contributed by atoms with van der Waals surface area (Å²) in [6.45, 7) is 12.2. The van der Waals surface area contributed by atoms with E-state index in [1.165, 1.54) is 0 Å². The number of nitrogens with one attached hydrogen (secondary N) is 2. The fourth-order valence-corrected chi connectivity index (χ4v) is 2.55. The molecule has 0 radical (unpaired) electrons. The molecule has 1 heterocycles. The number of likely N-dealkylation sites (tertiary alicyclic amines) is 1. The number of hydrogen-bond acceptors (Lipinski definition) is 3. The first-order chi connectivity index (χ1) is 10.2. The van der Waals surface area contributed by atoms with Gasteiger partial charge in [-0.2, -0.15) is 0 Å². The molecule has 0 bridgehead atoms. The van der Waals surface area contributed by atoms with Gasteiger partial charge in [0.1, 0.15) is 0 Å². The number of aliphatic imine (C=N–C) groups is 1. The molecule has 0 unspecified atom stereocenters. The summed E-state index contributed by atoms with van der Waals surface area (Å²) < 4.78 is 6.03. The Bertz CT molecular complexity index is 380. The topological polar surface area (TPSA) is 66.0 Å². The lowest BCUT2D eigenvalue weighted by atomic mass is 10.1. The maximum atomic E-state index is 11.7. The lowest BCUT2D eigenvalue weighted by Gasteiger charge is -2.36. The van der Waals surface area contributed by atoms with Crippen LogP contribution in [0.4, 0.5) is 0 Å². The minimum absolute atomic E-state index is 0.0119. The Morgan fingerprint density at radius 1 is 1.32 bits per heavy atom. The van der Waals surface area contributed by atoms with Crippen molar-refractivity contribution >= 4 is 11.9 Å². The van der Waals surface area contributed by atoms with E-state index in [4.69, 9.17) is 4.74 Å². The largest absolute Gasteiger partial charge is 0.372 e. The zero-order chi connectivity index (χ0) is 16.8. The van der Waals surface area contributed by atoms with E-state index < -0.39 is 0 Å². The minimum atomic E-state index is -0.0955. The predicted molar refractivity (Wildman–Crippen MR) is 90.1 cm³/mol. The van der Waals surface area contributed by atoms with Gasteiger partial charge in [0.15, 0.2) is 5.96 Å². The SMILES string of the molecule is CN=C(NCC(=O)NC(C)C)N1CCC(OC(C)(C)C)CC1. The summed E-state index contributed by atoms with van der Waals surface area (Å²) in [4.78, 5) is 18.2. The van der Waals surface area contributed by atoms with Gasteiger partial charge in [0.05, 0.1) is 18.2 Å². The van der Waals surface area contributed by atoms with Gasteiger partial charge in [-0.1, -0.05) is 0 Å². The van der Waals surface area contributed by atoms with Crippen molar-refractivity contribution in [1.82, 2.24) is 15.5 Å². The molecule has 128 valence electrons. The zero-order valence-corrected chi connectivity index (χ0v) is 14.9. The molecule has 1 aliphatic rings. The molecule has 1 rings (SSSR count). The van der Waals surface area contributed by atoms with E-state index in [0.29, 0.717) is 6.10 Å². The standard InChI is InChI=1S/C16H32N4O2/c1-12(2)19-14(21)11-18-15(17-6)20-9-7-13(8-10-20)22-16(3,4)5/h12-13H,7-11H2,1-6H3,(H,17,18)(H,19,21). The number of carbonyl (C=O) groups is 1. The normalized spacial score (nSPS) is 17.8. The number of amides is 1. The Morgan fingerprint density at radius 3 is 2.36 bits per heavy atom. The Morgan fingerprint density at radius 2 is 1.91 bits per heavy atom. The van der Waals surface area contributed by atoms with Gasteiger partial charge in [0.2, 0.25) is 5.91 Å². The fraction of sp³-hybridized carbons (Fsp3) is 0.875. The molecule has 1 saturated heterocycles. The van der Waals surface area contributed by atoms with Crippen LogP contribution in [-0.2, 0) is 9.53 Å². The lowest BCUT2D eigenvalue weighted by Crippen LogP contribution is -2.50. The van der Waals surface area contributed by atoms with Crippen molar-refractivity contribution in [3.05, 3.63) is 0 Å². The quantitative estimate of drug-likeness (QED) is 0.608. The van der Waals surface area contributed by atoms with Crippen molar-refractivity contribution in [1.29, 1.82) is 0 Å². The predicted octanol–water partition coefficient (Wildman–Crippen LogP) is 1.37. The summed E-state index contributed by atoms with van der Waals surface area (Å²) in [5.74, 6) is 0.773. The van der Waals surface area contributed by atoms with Crippen LogP contribution in [0, 0.1) is 0 Å². The molecule has 2 N–H and O–H groups in total. The monoisotopic (exact) mass is 312 g/mol. The average molecular weight is 312 g/mol. The van der Waals surface area contributed by atoms with Crippen molar-refractivity contribution in [2.24, 2.45) is 4.99 Å². The number of ether oxygens (including phenoxy) is 1. The second kappa shape index (κ2) is 8.36. The van der Waals surface area contributed by atoms with Crippen LogP contribution >= 0.6 is 0 Å². The zero-order valence-electron chi connectivity index (χ0n) is 14.9. The molecule has 22 heavy (non-hydrogen) atoms. The van der Waals surface area contributed by atoms with Crippen LogP contribution in [0.1, 0.15) is 47.5 Å². The number of rotatable bonds is 4. The fourth-order valence-electron chi connectivity index (χ4n) is 2.55. The van der Waals surface area contributed by atoms with Gasteiger partial charge in [0, 0.05) is 26.2 Å². The summed E-state index contributed by atoms with van der Waals surface area (Å²) in [7, 11) is 1.75. The first-order valence-electron chi connectivity index (χ1n) is 8.14. The molecule has 6 nitrogen and oxygen atoms in total. The summed E-state index contributed by atoms with van der Waals surface area (Å²) >= 11 is 0. The number of guanidine groups is 1. The molecule has 0 saturated carbocycles. The van der Waals surface area contributed by atoms with E-state index >= 15 is 0 Å². The van der Waals surface area contributed by atoms with E-state index in [-0.39, 0.29) is 24.1 Å². The van der Waals surface area contributed by atoms with Crippen LogP contribution in [-0.4, -0.2) is 61.2 Å². The molecule has 0 aromatic carbocycles. The molecule has 0 aliphatic carbocycles. The van der Waals surface area contributed by atoms with Crippen molar-refractivity contribution in [3.8, 4) is 0 Å². The van der Waals surface area contributed by atoms with Crippen molar-refractivity contribution < 1.29 is 9.53 Å². The first-order valence-corrected chi connectivity index (χ1v) is 8.14. The van der Waals surface area contributed by atoms with Gasteiger partial charge in [-0.05, 0) is 47.5 Å². The van der Waals surface area contributed by atoms with E-state index in [1.54, 1.807) is 7.05 Å². The van der Waals surface area contributed by atoms with Crippen LogP contribution in [0.15, 0.2) is 4.99 Å². The highest BCUT2D eigenvalue weighted by atomic mass is 16.5. The maximum absolute atomic E-state index is 11.7. The van der Waals surface area contributed by atoms with Crippen LogP contribution in [0.3, 0.4) is 0 Å². The number of carbonyl (C=O) groups excluding carboxylic acids is 1. The summed E-state index contributed by atoms with van der Waals surface area (Å²) in [5, 5.41) is 5.99. The van der Waals surface area contributed by atoms with E-state index in [0.717, 1.165) is 31.9 Å². The molecule has 1 aliphatic heterocycles. The summed E-state index contributed by atoms with van der Waals surface area (Å²) in [6.07, 6.45) is 2.27. The summed E-state index contributed by atoms with van der Waals surface area (Å²) in [5.41, 5.74) is -0.0955. The maximum Gasteiger partial charge on any atom is 0.239 e. The third-order valence-electron chi connectivity index (χ3n) is 3.33. The molecule has 1 amide bonds. The molecular weight excluding hydrogens is 280 g/mol. The van der Waals surface area contributed by atoms with Gasteiger partial charge in [0.25, 0.3) is 0 Å². The van der Waals surface area contributed by atoms with E-state index in [2.05, 4.69) is 41.3 Å². The van der Waals surface area contributed by atoms with Gasteiger partial charge < -0.3 is 20.3 Å². The van der Waals surface area contributed by atoms with Gasteiger partial charge in [-0.15, -0.1) is 0 Å². The smallest absolute Gasteiger partial charge is 0.239 e. The van der Waals surface area contributed by atoms with Gasteiger partial charge in [-0.3, -0.25) is 9.79 Å². The third kappa shape index (κ3) is 7.11. The first kappa shape index (κ1) is 18.7. The Labute approximate surface area is 134 Å². The van der Waals surface area contributed by atoms with Crippen LogP contribution in [0.25, 0.3) is 0 Å². The van der Waals surface area contributed by atoms with Crippen molar-refractivity contribution in [2.75, 3.05) is 26.7 Å². The van der Waals surface area contributed by atoms with E-state index in [1.807, 2.05) is 13.8 Å². The molecule has 0 aromatic heterocycles. The Balaban J connectivity index is 2.39. The molecule has 1 fully saturated rings. The third-order valence-corrected chi connectivity index (χ3v) is 3.33. The molecule has 0 spiro atoms. The summed E-state index contributed by atoms with van der Waals surface area (Å²) in [6, 6.07) is 0.154. The van der Waals surface area contributed by atoms with Crippen molar-refractivity contribution in [3.63, 3.8) is 0 Å². The van der Waals surface area contributed by atoms with E-state index in [9.17, 15) is 4.79 Å². The Hall–Kier alpha value is -1.30. The van der Waals surface area contributed by atoms with Crippen molar-refractivity contribution in [2.45, 2.75) is 65.2 Å². The van der Waals surface area contributed by atoms with Crippen LogP contribution in [0.5, 0.6) is 0 Å². The second-order valence-corrected chi connectivity index (χ2v) is 7.04. The molecule has 6 heteroatoms. The number of hydrogen-bond donors (Lipinski definition) is 2. The van der Waals surface area contributed by atoms with Gasteiger partial charge >= 0.3 is 0 Å². The molecule has 0 aromatic rings. The highest BCUT2D eigenvalue weighted by molar-refractivity contribution is 5.86. The van der Waals surface area contributed by atoms with Crippen LogP contribution < -0.4 is 10.6 Å². The average Bonchev–Trinajstić information content (AvgIpc) is 2.38. The molecular formula is C16H32N4O2. The minimum Gasteiger partial charge on any atom is -0.372 e. The second-order valence-electron chi connectivity index (χ2n) is 7.04. The van der Waals surface area contributed by atoms with Gasteiger partial charge in [-0.25, -0.2) is 0 Å². The Kier molecular flexibility index (Phi) is 7.13. The highest BCUT2D eigenvalue weighted by Gasteiger charge is 2.25. The van der Waals surface area contributed by atoms with Crippen LogP contribution in [0.2, 0.25) is 0 Å². The lowest BCUT2D eigenvalue weighted by molar-refractivity contribution is -0.120. The molecule has 0 atom stereocenters. The highest BCUT2D eigenvalue weighted by Crippen LogP contribution is 2.20. The number of piperidine rings is 1.